The van der Waals surface area contributed by atoms with Crippen molar-refractivity contribution in [1.82, 2.24) is 10.2 Å². The second kappa shape index (κ2) is 3.07. The summed E-state index contributed by atoms with van der Waals surface area (Å²) in [5.74, 6) is -5.52. The van der Waals surface area contributed by atoms with Crippen LogP contribution >= 0.6 is 22.6 Å². The highest BCUT2D eigenvalue weighted by Crippen LogP contribution is 2.28. The Kier molecular flexibility index (Phi) is 2.13. The average molecular weight is 316 g/mol. The van der Waals surface area contributed by atoms with E-state index >= 15 is 0 Å². The van der Waals surface area contributed by atoms with Gasteiger partial charge in [-0.1, -0.05) is 0 Å². The van der Waals surface area contributed by atoms with Gasteiger partial charge in [0.05, 0.1) is 8.96 Å². The number of hydrogen-bond acceptors (Lipinski definition) is 1. The molecule has 0 aliphatic heterocycles. The lowest BCUT2D eigenvalue weighted by Crippen LogP contribution is -1.96. The standard InChI is InChI=1S/C7HF4IN2/c8-2-3(9)5(12)1-6(4(2)10)13-14-7(1)11/h(H,13,14). The molecule has 1 N–H and O–H groups in total. The van der Waals surface area contributed by atoms with E-state index in [2.05, 4.69) is 5.10 Å². The maximum Gasteiger partial charge on any atom is 0.218 e. The minimum Gasteiger partial charge on any atom is -0.252 e. The van der Waals surface area contributed by atoms with E-state index in [4.69, 9.17) is 0 Å². The third kappa shape index (κ3) is 1.11. The molecule has 0 fully saturated rings. The average Bonchev–Trinajstić information content (AvgIpc) is 2.54. The van der Waals surface area contributed by atoms with Crippen molar-refractivity contribution in [1.29, 1.82) is 0 Å². The van der Waals surface area contributed by atoms with Gasteiger partial charge in [-0.25, -0.2) is 13.2 Å². The van der Waals surface area contributed by atoms with Crippen LogP contribution < -0.4 is 0 Å². The normalized spacial score (nSPS) is 11.2. The van der Waals surface area contributed by atoms with E-state index in [1.165, 1.54) is 22.6 Å². The van der Waals surface area contributed by atoms with Crippen molar-refractivity contribution in [2.75, 3.05) is 0 Å². The number of rotatable bonds is 0. The molecule has 2 rings (SSSR count). The van der Waals surface area contributed by atoms with Gasteiger partial charge in [0, 0.05) is 0 Å². The molecule has 1 aromatic carbocycles. The number of aromatic amines is 1. The maximum absolute atomic E-state index is 13.0. The van der Waals surface area contributed by atoms with Crippen LogP contribution in [0.4, 0.5) is 17.6 Å². The van der Waals surface area contributed by atoms with Crippen LogP contribution in [0.1, 0.15) is 0 Å². The van der Waals surface area contributed by atoms with Crippen LogP contribution in [0.2, 0.25) is 0 Å². The quantitative estimate of drug-likeness (QED) is 0.344. The summed E-state index contributed by atoms with van der Waals surface area (Å²) in [5.41, 5.74) is -0.536. The van der Waals surface area contributed by atoms with Crippen molar-refractivity contribution in [2.24, 2.45) is 0 Å². The Morgan fingerprint density at radius 2 is 1.64 bits per heavy atom. The molecule has 1 aromatic heterocycles. The third-order valence-electron chi connectivity index (χ3n) is 1.73. The molecule has 0 spiro atoms. The molecule has 0 unspecified atom stereocenters. The number of fused-ring (bicyclic) bond motifs is 1. The van der Waals surface area contributed by atoms with Gasteiger partial charge < -0.3 is 0 Å². The van der Waals surface area contributed by atoms with Crippen molar-refractivity contribution >= 4 is 33.5 Å². The van der Waals surface area contributed by atoms with Crippen molar-refractivity contribution in [3.63, 3.8) is 0 Å². The zero-order valence-electron chi connectivity index (χ0n) is 6.34. The summed E-state index contributed by atoms with van der Waals surface area (Å²) in [6.45, 7) is 0. The zero-order valence-corrected chi connectivity index (χ0v) is 8.49. The molecule has 14 heavy (non-hydrogen) atoms. The summed E-state index contributed by atoms with van der Waals surface area (Å²) < 4.78 is 51.3. The lowest BCUT2D eigenvalue weighted by Gasteiger charge is -1.99. The lowest BCUT2D eigenvalue weighted by molar-refractivity contribution is 0.449. The number of benzene rings is 1. The van der Waals surface area contributed by atoms with Crippen LogP contribution in [0.25, 0.3) is 10.9 Å². The fourth-order valence-corrected chi connectivity index (χ4v) is 1.82. The number of aromatic nitrogens is 2. The Balaban J connectivity index is 3.05. The summed E-state index contributed by atoms with van der Waals surface area (Å²) >= 11 is 1.39. The summed E-state index contributed by atoms with van der Waals surface area (Å²) in [6.07, 6.45) is 0. The fraction of sp³-hybridized carbons (Fsp3) is 0. The van der Waals surface area contributed by atoms with E-state index in [-0.39, 0.29) is 8.96 Å². The first kappa shape index (κ1) is 9.69. The topological polar surface area (TPSA) is 28.7 Å². The molecule has 1 heterocycles. The number of nitrogens with one attached hydrogen (secondary N) is 1. The molecular formula is C7HF4IN2. The highest BCUT2D eigenvalue weighted by Gasteiger charge is 2.23. The molecule has 0 bridgehead atoms. The monoisotopic (exact) mass is 316 g/mol. The Morgan fingerprint density at radius 1 is 1.00 bits per heavy atom. The lowest BCUT2D eigenvalue weighted by atomic mass is 10.2. The number of nitrogens with zero attached hydrogens (tertiary/aromatic N) is 1. The minimum atomic E-state index is -1.65. The molecule has 0 radical (unpaired) electrons. The molecule has 74 valence electrons. The first-order chi connectivity index (χ1) is 6.54. The van der Waals surface area contributed by atoms with E-state index in [1.54, 1.807) is 0 Å². The number of H-pyrrole nitrogens is 1. The van der Waals surface area contributed by atoms with Crippen LogP contribution in [0.5, 0.6) is 0 Å². The van der Waals surface area contributed by atoms with Crippen LogP contribution in [-0.2, 0) is 0 Å². The predicted octanol–water partition coefficient (Wildman–Crippen LogP) is 2.72. The van der Waals surface area contributed by atoms with Gasteiger partial charge in [0.15, 0.2) is 17.5 Å². The van der Waals surface area contributed by atoms with Gasteiger partial charge in [0.1, 0.15) is 5.52 Å². The summed E-state index contributed by atoms with van der Waals surface area (Å²) in [4.78, 5) is 0. The van der Waals surface area contributed by atoms with Gasteiger partial charge in [-0.2, -0.15) is 9.49 Å². The van der Waals surface area contributed by atoms with Crippen molar-refractivity contribution in [3.8, 4) is 0 Å². The molecule has 0 amide bonds. The van der Waals surface area contributed by atoms with E-state index < -0.39 is 28.9 Å². The Hall–Kier alpha value is -0.860. The van der Waals surface area contributed by atoms with Gasteiger partial charge in [-0.05, 0) is 22.6 Å². The zero-order chi connectivity index (χ0) is 10.5. The maximum atomic E-state index is 13.0. The van der Waals surface area contributed by atoms with E-state index in [9.17, 15) is 17.6 Å². The van der Waals surface area contributed by atoms with Gasteiger partial charge >= 0.3 is 0 Å². The number of hydrogen-bond donors (Lipinski definition) is 1. The molecule has 0 atom stereocenters. The van der Waals surface area contributed by atoms with E-state index in [1.807, 2.05) is 5.10 Å². The molecular weight excluding hydrogens is 315 g/mol. The molecule has 0 aliphatic carbocycles. The second-order valence-electron chi connectivity index (χ2n) is 2.52. The van der Waals surface area contributed by atoms with Crippen molar-refractivity contribution < 1.29 is 17.6 Å². The summed E-state index contributed by atoms with van der Waals surface area (Å²) in [5, 5.41) is 4.64. The van der Waals surface area contributed by atoms with Gasteiger partial charge in [-0.3, -0.25) is 5.10 Å². The second-order valence-corrected chi connectivity index (χ2v) is 3.60. The Morgan fingerprint density at radius 3 is 2.29 bits per heavy atom. The van der Waals surface area contributed by atoms with Crippen molar-refractivity contribution in [2.45, 2.75) is 0 Å². The third-order valence-corrected chi connectivity index (χ3v) is 2.74. The molecule has 0 saturated heterocycles. The van der Waals surface area contributed by atoms with Crippen LogP contribution in [0, 0.1) is 27.0 Å². The molecule has 0 aliphatic rings. The predicted molar refractivity (Wildman–Crippen MR) is 48.6 cm³/mol. The van der Waals surface area contributed by atoms with Crippen molar-refractivity contribution in [3.05, 3.63) is 27.0 Å². The Labute approximate surface area is 88.4 Å². The van der Waals surface area contributed by atoms with Crippen LogP contribution in [0.15, 0.2) is 0 Å². The van der Waals surface area contributed by atoms with Gasteiger partial charge in [-0.15, -0.1) is 0 Å². The van der Waals surface area contributed by atoms with E-state index in [0.29, 0.717) is 0 Å². The van der Waals surface area contributed by atoms with E-state index in [0.717, 1.165) is 0 Å². The fourth-order valence-electron chi connectivity index (χ4n) is 1.09. The molecule has 2 aromatic rings. The SMILES string of the molecule is Fc1c(F)c(I)c2c(F)[nH]nc2c1F. The highest BCUT2D eigenvalue weighted by molar-refractivity contribution is 14.1. The highest BCUT2D eigenvalue weighted by atomic mass is 127. The Bertz CT molecular complexity index is 522. The minimum absolute atomic E-state index is 0.331. The van der Waals surface area contributed by atoms with Crippen LogP contribution in [-0.4, -0.2) is 10.2 Å². The van der Waals surface area contributed by atoms with Gasteiger partial charge in [0.25, 0.3) is 0 Å². The molecule has 7 heteroatoms. The number of halogens is 5. The smallest absolute Gasteiger partial charge is 0.218 e. The first-order valence-electron chi connectivity index (χ1n) is 3.39. The molecule has 2 nitrogen and oxygen atoms in total. The summed E-state index contributed by atoms with van der Waals surface area (Å²) in [6, 6.07) is 0. The van der Waals surface area contributed by atoms with Gasteiger partial charge in [0.2, 0.25) is 5.95 Å². The summed E-state index contributed by atoms with van der Waals surface area (Å²) in [7, 11) is 0. The van der Waals surface area contributed by atoms with Crippen LogP contribution in [0.3, 0.4) is 0 Å². The first-order valence-corrected chi connectivity index (χ1v) is 4.47. The largest absolute Gasteiger partial charge is 0.252 e. The molecule has 0 saturated carbocycles.